The molecule has 0 radical (unpaired) electrons. The van der Waals surface area contributed by atoms with Crippen molar-refractivity contribution in [2.75, 3.05) is 13.1 Å². The molecule has 1 aliphatic heterocycles. The SMILES string of the molecule is C[C@@H]1CN(C(=O)c2cc3ccccc3[nH]2)C[C@H](C)N1C(=O)c1cc2ccccc2[nH]1. The Kier molecular flexibility index (Phi) is 4.35. The van der Waals surface area contributed by atoms with Gasteiger partial charge < -0.3 is 19.8 Å². The van der Waals surface area contributed by atoms with Gasteiger partial charge in [0.1, 0.15) is 11.4 Å². The predicted octanol–water partition coefficient (Wildman–Crippen LogP) is 4.02. The Hall–Kier alpha value is -3.54. The minimum Gasteiger partial charge on any atom is -0.351 e. The first kappa shape index (κ1) is 18.5. The Labute approximate surface area is 174 Å². The van der Waals surface area contributed by atoms with Crippen molar-refractivity contribution in [3.05, 3.63) is 72.1 Å². The van der Waals surface area contributed by atoms with Gasteiger partial charge in [-0.05, 0) is 38.1 Å². The summed E-state index contributed by atoms with van der Waals surface area (Å²) in [4.78, 5) is 36.5. The molecule has 6 nitrogen and oxygen atoms in total. The van der Waals surface area contributed by atoms with Crippen LogP contribution >= 0.6 is 0 Å². The maximum Gasteiger partial charge on any atom is 0.270 e. The zero-order valence-electron chi connectivity index (χ0n) is 17.1. The number of amides is 2. The minimum atomic E-state index is -0.0824. The fourth-order valence-corrected chi connectivity index (χ4v) is 4.58. The number of aromatic nitrogens is 2. The van der Waals surface area contributed by atoms with E-state index >= 15 is 0 Å². The number of rotatable bonds is 2. The number of para-hydroxylation sites is 2. The van der Waals surface area contributed by atoms with E-state index in [4.69, 9.17) is 0 Å². The van der Waals surface area contributed by atoms with Crippen LogP contribution in [0, 0.1) is 0 Å². The van der Waals surface area contributed by atoms with Gasteiger partial charge in [0.05, 0.1) is 0 Å². The van der Waals surface area contributed by atoms with Crippen molar-refractivity contribution >= 4 is 33.6 Å². The second-order valence-electron chi connectivity index (χ2n) is 8.16. The van der Waals surface area contributed by atoms with Gasteiger partial charge in [-0.15, -0.1) is 0 Å². The quantitative estimate of drug-likeness (QED) is 0.533. The normalized spacial score (nSPS) is 19.5. The summed E-state index contributed by atoms with van der Waals surface area (Å²) in [6.07, 6.45) is 0. The van der Waals surface area contributed by atoms with Crippen LogP contribution in [0.15, 0.2) is 60.7 Å². The topological polar surface area (TPSA) is 72.2 Å². The molecule has 0 unspecified atom stereocenters. The van der Waals surface area contributed by atoms with E-state index in [1.165, 1.54) is 0 Å². The summed E-state index contributed by atoms with van der Waals surface area (Å²) in [5.74, 6) is -0.0495. The second kappa shape index (κ2) is 7.06. The number of fused-ring (bicyclic) bond motifs is 2. The number of piperazine rings is 1. The Balaban J connectivity index is 1.36. The van der Waals surface area contributed by atoms with E-state index in [2.05, 4.69) is 9.97 Å². The first-order valence-corrected chi connectivity index (χ1v) is 10.3. The number of carbonyl (C=O) groups is 2. The van der Waals surface area contributed by atoms with Crippen LogP contribution in [0.2, 0.25) is 0 Å². The van der Waals surface area contributed by atoms with E-state index in [0.29, 0.717) is 24.5 Å². The molecule has 1 saturated heterocycles. The molecule has 4 aromatic rings. The van der Waals surface area contributed by atoms with Crippen molar-refractivity contribution in [1.29, 1.82) is 0 Å². The Morgan fingerprint density at radius 1 is 0.767 bits per heavy atom. The third kappa shape index (κ3) is 3.05. The smallest absolute Gasteiger partial charge is 0.270 e. The van der Waals surface area contributed by atoms with Gasteiger partial charge in [-0.1, -0.05) is 36.4 Å². The molecule has 30 heavy (non-hydrogen) atoms. The molecule has 152 valence electrons. The number of carbonyl (C=O) groups excluding carboxylic acids is 2. The van der Waals surface area contributed by atoms with E-state index in [9.17, 15) is 9.59 Å². The first-order chi connectivity index (χ1) is 14.5. The van der Waals surface area contributed by atoms with Gasteiger partial charge in [0.15, 0.2) is 0 Å². The zero-order chi connectivity index (χ0) is 20.8. The van der Waals surface area contributed by atoms with Gasteiger partial charge in [0.2, 0.25) is 0 Å². The number of hydrogen-bond donors (Lipinski definition) is 2. The van der Waals surface area contributed by atoms with Crippen LogP contribution in [-0.4, -0.2) is 56.8 Å². The molecule has 2 atom stereocenters. The Morgan fingerprint density at radius 2 is 1.23 bits per heavy atom. The highest BCUT2D eigenvalue weighted by Gasteiger charge is 2.36. The molecule has 2 aromatic carbocycles. The number of hydrogen-bond acceptors (Lipinski definition) is 2. The van der Waals surface area contributed by atoms with Gasteiger partial charge in [0, 0.05) is 47.0 Å². The molecule has 0 spiro atoms. The van der Waals surface area contributed by atoms with E-state index in [-0.39, 0.29) is 23.9 Å². The molecule has 6 heteroatoms. The van der Waals surface area contributed by atoms with Crippen molar-refractivity contribution in [3.63, 3.8) is 0 Å². The van der Waals surface area contributed by atoms with Gasteiger partial charge in [-0.2, -0.15) is 0 Å². The van der Waals surface area contributed by atoms with Crippen molar-refractivity contribution in [3.8, 4) is 0 Å². The fourth-order valence-electron chi connectivity index (χ4n) is 4.58. The number of benzene rings is 2. The van der Waals surface area contributed by atoms with Crippen molar-refractivity contribution in [2.45, 2.75) is 25.9 Å². The van der Waals surface area contributed by atoms with Crippen molar-refractivity contribution in [1.82, 2.24) is 19.8 Å². The summed E-state index contributed by atoms with van der Waals surface area (Å²) < 4.78 is 0. The van der Waals surface area contributed by atoms with E-state index in [1.54, 1.807) is 0 Å². The molecule has 0 saturated carbocycles. The molecule has 5 rings (SSSR count). The van der Waals surface area contributed by atoms with E-state index in [1.807, 2.05) is 84.3 Å². The van der Waals surface area contributed by atoms with Gasteiger partial charge in [0.25, 0.3) is 11.8 Å². The molecule has 2 aromatic heterocycles. The average molecular weight is 400 g/mol. The highest BCUT2D eigenvalue weighted by atomic mass is 16.2. The van der Waals surface area contributed by atoms with Crippen molar-refractivity contribution < 1.29 is 9.59 Å². The number of H-pyrrole nitrogens is 2. The Bertz CT molecular complexity index is 1180. The monoisotopic (exact) mass is 400 g/mol. The van der Waals surface area contributed by atoms with E-state index < -0.39 is 0 Å². The molecule has 3 heterocycles. The predicted molar refractivity (Wildman–Crippen MR) is 118 cm³/mol. The zero-order valence-corrected chi connectivity index (χ0v) is 17.1. The lowest BCUT2D eigenvalue weighted by Crippen LogP contribution is -2.59. The van der Waals surface area contributed by atoms with Gasteiger partial charge >= 0.3 is 0 Å². The van der Waals surface area contributed by atoms with Crippen LogP contribution in [0.1, 0.15) is 34.8 Å². The second-order valence-corrected chi connectivity index (χ2v) is 8.16. The highest BCUT2D eigenvalue weighted by Crippen LogP contribution is 2.23. The highest BCUT2D eigenvalue weighted by molar-refractivity contribution is 6.00. The molecule has 0 bridgehead atoms. The minimum absolute atomic E-state index is 0.0242. The molecule has 2 N–H and O–H groups in total. The standard InChI is InChI=1S/C24H24N4O2/c1-15-13-27(23(29)21-11-17-7-3-5-9-19(17)25-21)14-16(2)28(15)24(30)22-12-18-8-4-6-10-20(18)26-22/h3-12,15-16,25-26H,13-14H2,1-2H3/t15-,16+. The summed E-state index contributed by atoms with van der Waals surface area (Å²) >= 11 is 0. The van der Waals surface area contributed by atoms with Crippen LogP contribution in [0.4, 0.5) is 0 Å². The first-order valence-electron chi connectivity index (χ1n) is 10.3. The summed E-state index contributed by atoms with van der Waals surface area (Å²) in [7, 11) is 0. The van der Waals surface area contributed by atoms with Crippen LogP contribution < -0.4 is 0 Å². The summed E-state index contributed by atoms with van der Waals surface area (Å²) in [5.41, 5.74) is 3.08. The van der Waals surface area contributed by atoms with Crippen LogP contribution in [0.3, 0.4) is 0 Å². The maximum absolute atomic E-state index is 13.2. The van der Waals surface area contributed by atoms with Crippen LogP contribution in [0.25, 0.3) is 21.8 Å². The van der Waals surface area contributed by atoms with Gasteiger partial charge in [-0.25, -0.2) is 0 Å². The van der Waals surface area contributed by atoms with Gasteiger partial charge in [-0.3, -0.25) is 9.59 Å². The molecule has 2 amide bonds. The van der Waals surface area contributed by atoms with Crippen LogP contribution in [-0.2, 0) is 0 Å². The lowest BCUT2D eigenvalue weighted by Gasteiger charge is -2.44. The molecule has 1 fully saturated rings. The third-order valence-corrected chi connectivity index (χ3v) is 5.96. The molecular formula is C24H24N4O2. The third-order valence-electron chi connectivity index (χ3n) is 5.96. The fraction of sp³-hybridized carbons (Fsp3) is 0.250. The summed E-state index contributed by atoms with van der Waals surface area (Å²) in [6.45, 7) is 5.01. The lowest BCUT2D eigenvalue weighted by atomic mass is 10.1. The van der Waals surface area contributed by atoms with Crippen molar-refractivity contribution in [2.24, 2.45) is 0 Å². The maximum atomic E-state index is 13.2. The molecule has 1 aliphatic rings. The summed E-state index contributed by atoms with van der Waals surface area (Å²) in [6, 6.07) is 19.4. The number of nitrogens with one attached hydrogen (secondary N) is 2. The Morgan fingerprint density at radius 3 is 1.73 bits per heavy atom. The molecule has 0 aliphatic carbocycles. The number of aromatic amines is 2. The van der Waals surface area contributed by atoms with E-state index in [0.717, 1.165) is 21.8 Å². The average Bonchev–Trinajstić information content (AvgIpc) is 3.36. The van der Waals surface area contributed by atoms with Crippen LogP contribution in [0.5, 0.6) is 0 Å². The largest absolute Gasteiger partial charge is 0.351 e. The summed E-state index contributed by atoms with van der Waals surface area (Å²) in [5, 5.41) is 2.04. The molecular weight excluding hydrogens is 376 g/mol. The lowest BCUT2D eigenvalue weighted by molar-refractivity contribution is 0.0249. The number of nitrogens with zero attached hydrogens (tertiary/aromatic N) is 2.